The molecular weight excluding hydrogens is 322 g/mol. The lowest BCUT2D eigenvalue weighted by atomic mass is 10.1. The molecule has 0 fully saturated rings. The number of nitrogens with one attached hydrogen (secondary N) is 1. The normalized spacial score (nSPS) is 11.0. The van der Waals surface area contributed by atoms with Gasteiger partial charge < -0.3 is 15.2 Å². The maximum atomic E-state index is 11.9. The fraction of sp³-hybridized carbons (Fsp3) is 0.467. The Morgan fingerprint density at radius 1 is 1.26 bits per heavy atom. The highest BCUT2D eigenvalue weighted by Gasteiger charge is 2.19. The van der Waals surface area contributed by atoms with E-state index >= 15 is 0 Å². The fourth-order valence-corrected chi connectivity index (χ4v) is 3.23. The number of rotatable bonds is 9. The second kappa shape index (κ2) is 8.52. The van der Waals surface area contributed by atoms with Gasteiger partial charge in [0.15, 0.2) is 9.84 Å². The van der Waals surface area contributed by atoms with Crippen molar-refractivity contribution in [1.82, 2.24) is 0 Å². The quantitative estimate of drug-likeness (QED) is 0.663. The summed E-state index contributed by atoms with van der Waals surface area (Å²) in [5.74, 6) is -2.39. The van der Waals surface area contributed by atoms with E-state index in [2.05, 4.69) is 5.32 Å². The van der Waals surface area contributed by atoms with Crippen molar-refractivity contribution < 1.29 is 27.9 Å². The first-order valence-electron chi connectivity index (χ1n) is 7.20. The zero-order valence-corrected chi connectivity index (χ0v) is 14.0. The van der Waals surface area contributed by atoms with E-state index < -0.39 is 27.5 Å². The van der Waals surface area contributed by atoms with Crippen LogP contribution >= 0.6 is 0 Å². The number of amides is 1. The highest BCUT2D eigenvalue weighted by atomic mass is 32.2. The minimum atomic E-state index is -3.50. The van der Waals surface area contributed by atoms with Gasteiger partial charge in [-0.25, -0.2) is 13.2 Å². The predicted octanol–water partition coefficient (Wildman–Crippen LogP) is 1.94. The van der Waals surface area contributed by atoms with Crippen LogP contribution in [0.1, 0.15) is 36.5 Å². The van der Waals surface area contributed by atoms with Gasteiger partial charge in [-0.3, -0.25) is 4.79 Å². The number of anilines is 1. The van der Waals surface area contributed by atoms with Crippen LogP contribution in [0.5, 0.6) is 5.75 Å². The van der Waals surface area contributed by atoms with Gasteiger partial charge in [0.05, 0.1) is 24.1 Å². The first-order valence-corrected chi connectivity index (χ1v) is 9.02. The number of ether oxygens (including phenoxy) is 1. The molecule has 0 aromatic heterocycles. The maximum absolute atomic E-state index is 11.9. The zero-order valence-electron chi connectivity index (χ0n) is 13.2. The molecule has 2 N–H and O–H groups in total. The van der Waals surface area contributed by atoms with Crippen molar-refractivity contribution in [2.24, 2.45) is 0 Å². The number of benzene rings is 1. The van der Waals surface area contributed by atoms with Crippen molar-refractivity contribution >= 4 is 27.4 Å². The van der Waals surface area contributed by atoms with Crippen LogP contribution in [0, 0.1) is 0 Å². The van der Waals surface area contributed by atoms with E-state index in [4.69, 9.17) is 9.84 Å². The SMILES string of the molecule is CCCCCS(=O)(=O)CC(=O)Nc1ccc(OC)cc1C(=O)O. The van der Waals surface area contributed by atoms with E-state index in [-0.39, 0.29) is 17.0 Å². The summed E-state index contributed by atoms with van der Waals surface area (Å²) in [6.45, 7) is 1.95. The van der Waals surface area contributed by atoms with Gasteiger partial charge in [0, 0.05) is 0 Å². The summed E-state index contributed by atoms with van der Waals surface area (Å²) in [5, 5.41) is 11.5. The van der Waals surface area contributed by atoms with Gasteiger partial charge in [0.25, 0.3) is 0 Å². The molecule has 7 nitrogen and oxygen atoms in total. The Hall–Kier alpha value is -2.09. The first kappa shape index (κ1) is 19.0. The van der Waals surface area contributed by atoms with Crippen LogP contribution in [0.3, 0.4) is 0 Å². The number of unbranched alkanes of at least 4 members (excludes halogenated alkanes) is 2. The topological polar surface area (TPSA) is 110 Å². The first-order chi connectivity index (χ1) is 10.8. The van der Waals surface area contributed by atoms with E-state index in [0.29, 0.717) is 12.2 Å². The largest absolute Gasteiger partial charge is 0.497 e. The average Bonchev–Trinajstić information content (AvgIpc) is 2.46. The van der Waals surface area contributed by atoms with Crippen molar-refractivity contribution in [2.45, 2.75) is 26.2 Å². The molecule has 0 unspecified atom stereocenters. The summed E-state index contributed by atoms with van der Waals surface area (Å²) in [7, 11) is -2.11. The van der Waals surface area contributed by atoms with Crippen molar-refractivity contribution in [3.8, 4) is 5.75 Å². The van der Waals surface area contributed by atoms with Crippen molar-refractivity contribution in [3.63, 3.8) is 0 Å². The van der Waals surface area contributed by atoms with Crippen molar-refractivity contribution in [3.05, 3.63) is 23.8 Å². The van der Waals surface area contributed by atoms with Crippen LogP contribution < -0.4 is 10.1 Å². The maximum Gasteiger partial charge on any atom is 0.337 e. The third-order valence-electron chi connectivity index (χ3n) is 3.14. The number of carboxylic acids is 1. The molecule has 0 saturated heterocycles. The van der Waals surface area contributed by atoms with Gasteiger partial charge in [-0.15, -0.1) is 0 Å². The summed E-state index contributed by atoms with van der Waals surface area (Å²) in [6, 6.07) is 4.11. The minimum Gasteiger partial charge on any atom is -0.497 e. The molecule has 1 aromatic carbocycles. The van der Waals surface area contributed by atoms with Crippen molar-refractivity contribution in [1.29, 1.82) is 0 Å². The molecule has 0 heterocycles. The summed E-state index contributed by atoms with van der Waals surface area (Å²) < 4.78 is 28.6. The van der Waals surface area contributed by atoms with Crippen molar-refractivity contribution in [2.75, 3.05) is 23.9 Å². The second-order valence-electron chi connectivity index (χ2n) is 5.06. The molecule has 0 aliphatic carbocycles. The number of carboxylic acid groups (broad SMARTS) is 1. The summed E-state index contributed by atoms with van der Waals surface area (Å²) in [6.07, 6.45) is 2.17. The molecule has 8 heteroatoms. The van der Waals surface area contributed by atoms with E-state index in [0.717, 1.165) is 12.8 Å². The molecule has 0 radical (unpaired) electrons. The lowest BCUT2D eigenvalue weighted by Crippen LogP contribution is -2.25. The molecule has 0 aliphatic heterocycles. The van der Waals surface area contributed by atoms with Gasteiger partial charge in [0.2, 0.25) is 5.91 Å². The second-order valence-corrected chi connectivity index (χ2v) is 7.25. The van der Waals surface area contributed by atoms with Crippen LogP contribution in [-0.2, 0) is 14.6 Å². The fourth-order valence-electron chi connectivity index (χ4n) is 1.97. The zero-order chi connectivity index (χ0) is 17.5. The summed E-state index contributed by atoms with van der Waals surface area (Å²) in [4.78, 5) is 23.1. The Bertz CT molecular complexity index is 669. The van der Waals surface area contributed by atoms with Gasteiger partial charge in [0.1, 0.15) is 11.5 Å². The van der Waals surface area contributed by atoms with Gasteiger partial charge in [-0.2, -0.15) is 0 Å². The lowest BCUT2D eigenvalue weighted by molar-refractivity contribution is -0.113. The smallest absolute Gasteiger partial charge is 0.337 e. The van der Waals surface area contributed by atoms with E-state index in [9.17, 15) is 18.0 Å². The Morgan fingerprint density at radius 2 is 1.96 bits per heavy atom. The van der Waals surface area contributed by atoms with Gasteiger partial charge in [-0.05, 0) is 24.6 Å². The monoisotopic (exact) mass is 343 g/mol. The molecular formula is C15H21NO6S. The molecule has 0 bridgehead atoms. The molecule has 0 aliphatic rings. The van der Waals surface area contributed by atoms with Crippen LogP contribution in [0.2, 0.25) is 0 Å². The summed E-state index contributed by atoms with van der Waals surface area (Å²) >= 11 is 0. The van der Waals surface area contributed by atoms with Crippen LogP contribution in [0.15, 0.2) is 18.2 Å². The highest BCUT2D eigenvalue weighted by Crippen LogP contribution is 2.22. The number of aromatic carboxylic acids is 1. The molecule has 1 amide bonds. The molecule has 0 saturated carbocycles. The number of hydrogen-bond acceptors (Lipinski definition) is 5. The molecule has 23 heavy (non-hydrogen) atoms. The Labute approximate surface area is 135 Å². The molecule has 0 atom stereocenters. The molecule has 1 aromatic rings. The van der Waals surface area contributed by atoms with Crippen LogP contribution in [-0.4, -0.2) is 44.0 Å². The molecule has 0 spiro atoms. The third kappa shape index (κ3) is 6.27. The molecule has 128 valence electrons. The number of carbonyl (C=O) groups excluding carboxylic acids is 1. The Balaban J connectivity index is 2.79. The highest BCUT2D eigenvalue weighted by molar-refractivity contribution is 7.92. The van der Waals surface area contributed by atoms with Gasteiger partial charge in [-0.1, -0.05) is 19.8 Å². The number of methoxy groups -OCH3 is 1. The van der Waals surface area contributed by atoms with E-state index in [1.807, 2.05) is 6.92 Å². The van der Waals surface area contributed by atoms with E-state index in [1.54, 1.807) is 0 Å². The predicted molar refractivity (Wildman–Crippen MR) is 86.8 cm³/mol. The van der Waals surface area contributed by atoms with Gasteiger partial charge >= 0.3 is 5.97 Å². The lowest BCUT2D eigenvalue weighted by Gasteiger charge is -2.10. The average molecular weight is 343 g/mol. The minimum absolute atomic E-state index is 0.0343. The van der Waals surface area contributed by atoms with E-state index in [1.165, 1.54) is 25.3 Å². The number of carbonyl (C=O) groups is 2. The van der Waals surface area contributed by atoms with Crippen LogP contribution in [0.25, 0.3) is 0 Å². The molecule has 1 rings (SSSR count). The standard InChI is InChI=1S/C15H21NO6S/c1-3-4-5-8-23(20,21)10-14(17)16-13-7-6-11(22-2)9-12(13)15(18)19/h6-7,9H,3-5,8,10H2,1-2H3,(H,16,17)(H,18,19). The third-order valence-corrected chi connectivity index (χ3v) is 4.75. The Morgan fingerprint density at radius 3 is 2.52 bits per heavy atom. The van der Waals surface area contributed by atoms with Crippen LogP contribution in [0.4, 0.5) is 5.69 Å². The Kier molecular flexibility index (Phi) is 7.02. The number of sulfone groups is 1. The number of hydrogen-bond donors (Lipinski definition) is 2. The summed E-state index contributed by atoms with van der Waals surface area (Å²) in [5.41, 5.74) is -0.131.